The number of hydrogen-bond acceptors (Lipinski definition) is 2. The predicted molar refractivity (Wildman–Crippen MR) is 79.7 cm³/mol. The molecule has 0 unspecified atom stereocenters. The third-order valence-electron chi connectivity index (χ3n) is 3.20. The van der Waals surface area contributed by atoms with E-state index in [-0.39, 0.29) is 5.82 Å². The van der Waals surface area contributed by atoms with Crippen LogP contribution in [0.25, 0.3) is 0 Å². The van der Waals surface area contributed by atoms with Crippen LogP contribution in [0.1, 0.15) is 32.3 Å². The van der Waals surface area contributed by atoms with Crippen molar-refractivity contribution in [1.82, 2.24) is 10.2 Å². The molecule has 1 N–H and O–H groups in total. The van der Waals surface area contributed by atoms with Gasteiger partial charge < -0.3 is 10.2 Å². The van der Waals surface area contributed by atoms with Crippen LogP contribution in [0.3, 0.4) is 0 Å². The average molecular weight is 266 g/mol. The summed E-state index contributed by atoms with van der Waals surface area (Å²) in [5.74, 6) is 0.671. The first-order valence-electron chi connectivity index (χ1n) is 7.22. The fraction of sp³-hybridized carbons (Fsp3) is 0.625. The molecule has 1 rings (SSSR count). The van der Waals surface area contributed by atoms with Crippen LogP contribution in [0.5, 0.6) is 0 Å². The van der Waals surface area contributed by atoms with Gasteiger partial charge >= 0.3 is 0 Å². The van der Waals surface area contributed by atoms with Crippen LogP contribution < -0.4 is 5.32 Å². The highest BCUT2D eigenvalue weighted by molar-refractivity contribution is 5.16. The third-order valence-corrected chi connectivity index (χ3v) is 3.20. The van der Waals surface area contributed by atoms with Gasteiger partial charge in [-0.05, 0) is 38.4 Å². The second-order valence-electron chi connectivity index (χ2n) is 5.62. The molecule has 0 bridgehead atoms. The van der Waals surface area contributed by atoms with Gasteiger partial charge in [0.1, 0.15) is 5.82 Å². The number of hydrogen-bond donors (Lipinski definition) is 1. The Labute approximate surface area is 117 Å². The lowest BCUT2D eigenvalue weighted by atomic mass is 10.1. The molecule has 0 saturated heterocycles. The van der Waals surface area contributed by atoms with Gasteiger partial charge in [-0.2, -0.15) is 0 Å². The second-order valence-corrected chi connectivity index (χ2v) is 5.62. The van der Waals surface area contributed by atoms with Gasteiger partial charge in [-0.15, -0.1) is 0 Å². The number of nitrogens with one attached hydrogen (secondary N) is 1. The smallest absolute Gasteiger partial charge is 0.127 e. The summed E-state index contributed by atoms with van der Waals surface area (Å²) >= 11 is 0. The molecule has 108 valence electrons. The average Bonchev–Trinajstić information content (AvgIpc) is 2.36. The predicted octanol–water partition coefficient (Wildman–Crippen LogP) is 3.28. The summed E-state index contributed by atoms with van der Waals surface area (Å²) in [6.07, 6.45) is 2.51. The normalized spacial score (nSPS) is 11.5. The van der Waals surface area contributed by atoms with Crippen molar-refractivity contribution in [3.8, 4) is 0 Å². The summed E-state index contributed by atoms with van der Waals surface area (Å²) in [7, 11) is 2.03. The van der Waals surface area contributed by atoms with Crippen LogP contribution in [-0.4, -0.2) is 31.6 Å². The van der Waals surface area contributed by atoms with E-state index in [1.165, 1.54) is 18.9 Å². The van der Waals surface area contributed by atoms with Crippen molar-refractivity contribution in [2.24, 2.45) is 5.92 Å². The van der Waals surface area contributed by atoms with Gasteiger partial charge in [-0.25, -0.2) is 4.39 Å². The highest BCUT2D eigenvalue weighted by Crippen LogP contribution is 2.08. The van der Waals surface area contributed by atoms with E-state index < -0.39 is 0 Å². The van der Waals surface area contributed by atoms with Crippen molar-refractivity contribution < 1.29 is 4.39 Å². The van der Waals surface area contributed by atoms with E-state index in [9.17, 15) is 4.39 Å². The molecule has 0 heterocycles. The second kappa shape index (κ2) is 9.05. The van der Waals surface area contributed by atoms with Crippen LogP contribution in [0.15, 0.2) is 24.3 Å². The molecule has 0 amide bonds. The highest BCUT2D eigenvalue weighted by Gasteiger charge is 2.04. The van der Waals surface area contributed by atoms with Gasteiger partial charge in [0.25, 0.3) is 0 Å². The molecule has 0 aliphatic rings. The van der Waals surface area contributed by atoms with E-state index in [1.807, 2.05) is 19.2 Å². The number of halogens is 1. The molecule has 3 heteroatoms. The summed E-state index contributed by atoms with van der Waals surface area (Å²) in [4.78, 5) is 2.15. The Bertz CT molecular complexity index is 352. The zero-order valence-corrected chi connectivity index (χ0v) is 12.5. The number of rotatable bonds is 9. The Kier molecular flexibility index (Phi) is 7.68. The summed E-state index contributed by atoms with van der Waals surface area (Å²) in [5, 5.41) is 3.44. The monoisotopic (exact) mass is 266 g/mol. The molecule has 0 aromatic heterocycles. The van der Waals surface area contributed by atoms with Gasteiger partial charge in [0.05, 0.1) is 0 Å². The molecule has 0 fully saturated rings. The first-order chi connectivity index (χ1) is 9.09. The van der Waals surface area contributed by atoms with E-state index in [2.05, 4.69) is 24.1 Å². The molecule has 0 aliphatic carbocycles. The van der Waals surface area contributed by atoms with Gasteiger partial charge in [0.2, 0.25) is 0 Å². The Hall–Kier alpha value is -0.930. The van der Waals surface area contributed by atoms with Gasteiger partial charge in [-0.3, -0.25) is 0 Å². The lowest BCUT2D eigenvalue weighted by Crippen LogP contribution is -2.29. The van der Waals surface area contributed by atoms with Crippen molar-refractivity contribution in [3.63, 3.8) is 0 Å². The fourth-order valence-electron chi connectivity index (χ4n) is 2.03. The van der Waals surface area contributed by atoms with Crippen LogP contribution in [0, 0.1) is 11.7 Å². The Balaban J connectivity index is 2.11. The molecule has 0 spiro atoms. The maximum absolute atomic E-state index is 13.5. The standard InChI is InChI=1S/C16H27FN2/c1-14(2)7-6-10-18-11-12-19(3)13-15-8-4-5-9-16(15)17/h4-5,8-9,14,18H,6-7,10-13H2,1-3H3. The van der Waals surface area contributed by atoms with E-state index in [0.29, 0.717) is 6.54 Å². The molecule has 0 aliphatic heterocycles. The Morgan fingerprint density at radius 2 is 1.95 bits per heavy atom. The van der Waals surface area contributed by atoms with Gasteiger partial charge in [0, 0.05) is 25.2 Å². The number of nitrogens with zero attached hydrogens (tertiary/aromatic N) is 1. The highest BCUT2D eigenvalue weighted by atomic mass is 19.1. The molecule has 1 aromatic carbocycles. The van der Waals surface area contributed by atoms with Crippen molar-refractivity contribution in [2.75, 3.05) is 26.7 Å². The summed E-state index contributed by atoms with van der Waals surface area (Å²) in [6, 6.07) is 6.99. The van der Waals surface area contributed by atoms with E-state index in [4.69, 9.17) is 0 Å². The molecule has 19 heavy (non-hydrogen) atoms. The minimum absolute atomic E-state index is 0.112. The molecule has 0 saturated carbocycles. The minimum atomic E-state index is -0.112. The molecule has 2 nitrogen and oxygen atoms in total. The first kappa shape index (κ1) is 16.1. The van der Waals surface area contributed by atoms with Crippen LogP contribution in [-0.2, 0) is 6.54 Å². The molecule has 1 aromatic rings. The Morgan fingerprint density at radius 1 is 1.21 bits per heavy atom. The Morgan fingerprint density at radius 3 is 2.63 bits per heavy atom. The SMILES string of the molecule is CC(C)CCCNCCN(C)Cc1ccccc1F. The quantitative estimate of drug-likeness (QED) is 0.690. The van der Waals surface area contributed by atoms with Gasteiger partial charge in [-0.1, -0.05) is 32.0 Å². The van der Waals surface area contributed by atoms with Crippen LogP contribution >= 0.6 is 0 Å². The minimum Gasteiger partial charge on any atom is -0.315 e. The van der Waals surface area contributed by atoms with Crippen molar-refractivity contribution in [1.29, 1.82) is 0 Å². The van der Waals surface area contributed by atoms with Crippen molar-refractivity contribution in [3.05, 3.63) is 35.6 Å². The topological polar surface area (TPSA) is 15.3 Å². The van der Waals surface area contributed by atoms with Gasteiger partial charge in [0.15, 0.2) is 0 Å². The maximum atomic E-state index is 13.5. The van der Waals surface area contributed by atoms with E-state index in [1.54, 1.807) is 6.07 Å². The van der Waals surface area contributed by atoms with Crippen molar-refractivity contribution >= 4 is 0 Å². The molecular weight excluding hydrogens is 239 g/mol. The lowest BCUT2D eigenvalue weighted by Gasteiger charge is -2.17. The van der Waals surface area contributed by atoms with Crippen molar-refractivity contribution in [2.45, 2.75) is 33.2 Å². The molecule has 0 atom stereocenters. The molecular formula is C16H27FN2. The number of benzene rings is 1. The summed E-state index contributed by atoms with van der Waals surface area (Å²) < 4.78 is 13.5. The lowest BCUT2D eigenvalue weighted by molar-refractivity contribution is 0.318. The van der Waals surface area contributed by atoms with E-state index >= 15 is 0 Å². The zero-order valence-electron chi connectivity index (χ0n) is 12.5. The van der Waals surface area contributed by atoms with Crippen LogP contribution in [0.4, 0.5) is 4.39 Å². The summed E-state index contributed by atoms with van der Waals surface area (Å²) in [6.45, 7) is 8.15. The third kappa shape index (κ3) is 7.28. The first-order valence-corrected chi connectivity index (χ1v) is 7.22. The zero-order chi connectivity index (χ0) is 14.1. The molecule has 0 radical (unpaired) electrons. The summed E-state index contributed by atoms with van der Waals surface area (Å²) in [5.41, 5.74) is 0.768. The van der Waals surface area contributed by atoms with E-state index in [0.717, 1.165) is 31.1 Å². The number of likely N-dealkylation sites (N-methyl/N-ethyl adjacent to an activating group) is 1. The fourth-order valence-corrected chi connectivity index (χ4v) is 2.03. The van der Waals surface area contributed by atoms with Crippen LogP contribution in [0.2, 0.25) is 0 Å². The largest absolute Gasteiger partial charge is 0.315 e. The maximum Gasteiger partial charge on any atom is 0.127 e.